The standard InChI is InChI=1S/C13H14O3/c1-16-11-4-5-12-9(7-14)2-3-10(8-15)13(12)6-11/h2-6,14-15H,7-8H2,1H3. The van der Waals surface area contributed by atoms with Gasteiger partial charge in [-0.2, -0.15) is 0 Å². The number of rotatable bonds is 3. The van der Waals surface area contributed by atoms with Crippen molar-refractivity contribution in [1.29, 1.82) is 0 Å². The summed E-state index contributed by atoms with van der Waals surface area (Å²) in [6.07, 6.45) is 0. The topological polar surface area (TPSA) is 49.7 Å². The summed E-state index contributed by atoms with van der Waals surface area (Å²) < 4.78 is 5.15. The average Bonchev–Trinajstić information content (AvgIpc) is 2.36. The van der Waals surface area contributed by atoms with E-state index in [0.29, 0.717) is 0 Å². The Balaban J connectivity index is 2.74. The number of ether oxygens (including phenoxy) is 1. The number of fused-ring (bicyclic) bond motifs is 1. The summed E-state index contributed by atoms with van der Waals surface area (Å²) in [5.41, 5.74) is 1.70. The van der Waals surface area contributed by atoms with Crippen molar-refractivity contribution >= 4 is 10.8 Å². The van der Waals surface area contributed by atoms with Gasteiger partial charge in [0.15, 0.2) is 0 Å². The van der Waals surface area contributed by atoms with Gasteiger partial charge in [-0.1, -0.05) is 18.2 Å². The summed E-state index contributed by atoms with van der Waals surface area (Å²) in [6, 6.07) is 9.29. The van der Waals surface area contributed by atoms with E-state index in [2.05, 4.69) is 0 Å². The quantitative estimate of drug-likeness (QED) is 0.826. The molecule has 0 unspecified atom stereocenters. The highest BCUT2D eigenvalue weighted by atomic mass is 16.5. The van der Waals surface area contributed by atoms with Crippen molar-refractivity contribution in [2.75, 3.05) is 7.11 Å². The fourth-order valence-electron chi connectivity index (χ4n) is 1.85. The summed E-state index contributed by atoms with van der Waals surface area (Å²) in [7, 11) is 1.61. The summed E-state index contributed by atoms with van der Waals surface area (Å²) in [5.74, 6) is 0.747. The van der Waals surface area contributed by atoms with Gasteiger partial charge in [-0.3, -0.25) is 0 Å². The van der Waals surface area contributed by atoms with Crippen LogP contribution in [0.15, 0.2) is 30.3 Å². The molecule has 0 aliphatic heterocycles. The minimum atomic E-state index is -0.0185. The predicted octanol–water partition coefficient (Wildman–Crippen LogP) is 1.83. The Morgan fingerprint density at radius 3 is 2.12 bits per heavy atom. The molecule has 0 atom stereocenters. The van der Waals surface area contributed by atoms with E-state index >= 15 is 0 Å². The molecule has 0 saturated carbocycles. The van der Waals surface area contributed by atoms with Crippen molar-refractivity contribution < 1.29 is 14.9 Å². The van der Waals surface area contributed by atoms with Gasteiger partial charge in [0.25, 0.3) is 0 Å². The van der Waals surface area contributed by atoms with Gasteiger partial charge in [0.1, 0.15) is 5.75 Å². The maximum atomic E-state index is 9.26. The van der Waals surface area contributed by atoms with Crippen molar-refractivity contribution in [1.82, 2.24) is 0 Å². The molecule has 3 nitrogen and oxygen atoms in total. The van der Waals surface area contributed by atoms with E-state index < -0.39 is 0 Å². The normalized spacial score (nSPS) is 10.7. The molecule has 0 amide bonds. The molecule has 16 heavy (non-hydrogen) atoms. The Labute approximate surface area is 93.9 Å². The molecule has 0 aliphatic carbocycles. The fourth-order valence-corrected chi connectivity index (χ4v) is 1.85. The number of methoxy groups -OCH3 is 1. The van der Waals surface area contributed by atoms with E-state index in [1.54, 1.807) is 7.11 Å². The van der Waals surface area contributed by atoms with Crippen LogP contribution in [0.4, 0.5) is 0 Å². The van der Waals surface area contributed by atoms with Crippen LogP contribution in [-0.2, 0) is 13.2 Å². The second kappa shape index (κ2) is 4.51. The summed E-state index contributed by atoms with van der Waals surface area (Å²) >= 11 is 0. The molecule has 0 radical (unpaired) electrons. The van der Waals surface area contributed by atoms with Crippen LogP contribution in [-0.4, -0.2) is 17.3 Å². The first-order chi connectivity index (χ1) is 7.80. The van der Waals surface area contributed by atoms with Crippen LogP contribution in [0.5, 0.6) is 5.75 Å². The molecule has 2 rings (SSSR count). The molecule has 0 aliphatic rings. The molecule has 3 heteroatoms. The lowest BCUT2D eigenvalue weighted by Gasteiger charge is -2.09. The van der Waals surface area contributed by atoms with E-state index in [9.17, 15) is 10.2 Å². The van der Waals surface area contributed by atoms with Crippen LogP contribution in [0.1, 0.15) is 11.1 Å². The Hall–Kier alpha value is -1.58. The monoisotopic (exact) mass is 218 g/mol. The third-order valence-electron chi connectivity index (χ3n) is 2.75. The van der Waals surface area contributed by atoms with Gasteiger partial charge in [0.2, 0.25) is 0 Å². The number of hydrogen-bond donors (Lipinski definition) is 2. The smallest absolute Gasteiger partial charge is 0.119 e. The van der Waals surface area contributed by atoms with Gasteiger partial charge < -0.3 is 14.9 Å². The first-order valence-corrected chi connectivity index (χ1v) is 5.10. The molecule has 2 N–H and O–H groups in total. The zero-order chi connectivity index (χ0) is 11.5. The van der Waals surface area contributed by atoms with Crippen molar-refractivity contribution in [3.8, 4) is 5.75 Å². The summed E-state index contributed by atoms with van der Waals surface area (Å²) in [5, 5.41) is 20.4. The number of aliphatic hydroxyl groups is 2. The van der Waals surface area contributed by atoms with Crippen molar-refractivity contribution in [2.24, 2.45) is 0 Å². The largest absolute Gasteiger partial charge is 0.497 e. The van der Waals surface area contributed by atoms with E-state index in [1.807, 2.05) is 30.3 Å². The highest BCUT2D eigenvalue weighted by Gasteiger charge is 2.06. The molecular formula is C13H14O3. The lowest BCUT2D eigenvalue weighted by molar-refractivity contribution is 0.280. The van der Waals surface area contributed by atoms with Gasteiger partial charge in [0, 0.05) is 0 Å². The summed E-state index contributed by atoms with van der Waals surface area (Å²) in [6.45, 7) is -0.0239. The van der Waals surface area contributed by atoms with Crippen LogP contribution < -0.4 is 4.74 Å². The molecule has 0 bridgehead atoms. The average molecular weight is 218 g/mol. The van der Waals surface area contributed by atoms with Crippen molar-refractivity contribution in [3.63, 3.8) is 0 Å². The number of hydrogen-bond acceptors (Lipinski definition) is 3. The van der Waals surface area contributed by atoms with E-state index in [4.69, 9.17) is 4.74 Å². The second-order valence-corrected chi connectivity index (χ2v) is 3.61. The van der Waals surface area contributed by atoms with Gasteiger partial charge >= 0.3 is 0 Å². The molecule has 0 aromatic heterocycles. The van der Waals surface area contributed by atoms with Gasteiger partial charge in [-0.05, 0) is 34.0 Å². The van der Waals surface area contributed by atoms with Crippen LogP contribution >= 0.6 is 0 Å². The Bertz CT molecular complexity index is 506. The van der Waals surface area contributed by atoms with Crippen molar-refractivity contribution in [2.45, 2.75) is 13.2 Å². The highest BCUT2D eigenvalue weighted by Crippen LogP contribution is 2.27. The predicted molar refractivity (Wildman–Crippen MR) is 62.3 cm³/mol. The van der Waals surface area contributed by atoms with Crippen LogP contribution in [0.2, 0.25) is 0 Å². The van der Waals surface area contributed by atoms with Crippen LogP contribution in [0.25, 0.3) is 10.8 Å². The molecule has 2 aromatic carbocycles. The first kappa shape index (κ1) is 10.9. The molecule has 0 fully saturated rings. The fraction of sp³-hybridized carbons (Fsp3) is 0.231. The van der Waals surface area contributed by atoms with Gasteiger partial charge in [-0.25, -0.2) is 0 Å². The minimum absolute atomic E-state index is 0.00542. The molecular weight excluding hydrogens is 204 g/mol. The second-order valence-electron chi connectivity index (χ2n) is 3.61. The SMILES string of the molecule is COc1ccc2c(CO)ccc(CO)c2c1. The molecule has 0 saturated heterocycles. The minimum Gasteiger partial charge on any atom is -0.497 e. The van der Waals surface area contributed by atoms with Crippen LogP contribution in [0, 0.1) is 0 Å². The van der Waals surface area contributed by atoms with E-state index in [1.165, 1.54) is 0 Å². The van der Waals surface area contributed by atoms with E-state index in [0.717, 1.165) is 27.6 Å². The van der Waals surface area contributed by atoms with Crippen LogP contribution in [0.3, 0.4) is 0 Å². The Morgan fingerprint density at radius 1 is 0.938 bits per heavy atom. The summed E-state index contributed by atoms with van der Waals surface area (Å²) in [4.78, 5) is 0. The molecule has 84 valence electrons. The van der Waals surface area contributed by atoms with E-state index in [-0.39, 0.29) is 13.2 Å². The maximum Gasteiger partial charge on any atom is 0.119 e. The zero-order valence-corrected chi connectivity index (χ0v) is 9.10. The lowest BCUT2D eigenvalue weighted by Crippen LogP contribution is -1.92. The number of benzene rings is 2. The first-order valence-electron chi connectivity index (χ1n) is 5.10. The molecule has 0 heterocycles. The van der Waals surface area contributed by atoms with Crippen molar-refractivity contribution in [3.05, 3.63) is 41.5 Å². The lowest BCUT2D eigenvalue weighted by atomic mass is 10.00. The number of aliphatic hydroxyl groups excluding tert-OH is 2. The Morgan fingerprint density at radius 2 is 1.56 bits per heavy atom. The molecule has 0 spiro atoms. The zero-order valence-electron chi connectivity index (χ0n) is 9.10. The third-order valence-corrected chi connectivity index (χ3v) is 2.75. The van der Waals surface area contributed by atoms with Gasteiger partial charge in [-0.15, -0.1) is 0 Å². The molecule has 2 aromatic rings. The maximum absolute atomic E-state index is 9.26. The third kappa shape index (κ3) is 1.75. The highest BCUT2D eigenvalue weighted by molar-refractivity contribution is 5.89. The Kier molecular flexibility index (Phi) is 3.08. The van der Waals surface area contributed by atoms with Gasteiger partial charge in [0.05, 0.1) is 20.3 Å².